The minimum Gasteiger partial charge on any atom is -0.323 e. The van der Waals surface area contributed by atoms with Gasteiger partial charge in [-0.1, -0.05) is 54.6 Å². The van der Waals surface area contributed by atoms with Crippen molar-refractivity contribution in [1.82, 2.24) is 9.78 Å². The number of nitrogens with two attached hydrogens (primary N) is 1. The van der Waals surface area contributed by atoms with Gasteiger partial charge < -0.3 is 5.84 Å². The van der Waals surface area contributed by atoms with Gasteiger partial charge in [-0.25, -0.2) is 4.68 Å². The zero-order valence-electron chi connectivity index (χ0n) is 13.0. The Labute approximate surface area is 139 Å². The van der Waals surface area contributed by atoms with Crippen molar-refractivity contribution >= 4 is 17.0 Å². The number of fused-ring (bicyclic) bond motifs is 1. The predicted molar refractivity (Wildman–Crippen MR) is 98.3 cm³/mol. The lowest BCUT2D eigenvalue weighted by Crippen LogP contribution is -1.94. The van der Waals surface area contributed by atoms with E-state index in [4.69, 9.17) is 10.9 Å². The van der Waals surface area contributed by atoms with Crippen LogP contribution in [0.15, 0.2) is 84.1 Å². The molecule has 24 heavy (non-hydrogen) atoms. The number of hydrazone groups is 1. The maximum absolute atomic E-state index is 5.38. The molecule has 1 heterocycles. The van der Waals surface area contributed by atoms with Crippen LogP contribution < -0.4 is 5.84 Å². The summed E-state index contributed by atoms with van der Waals surface area (Å²) in [5, 5.41) is 10.8. The molecule has 2 N–H and O–H groups in total. The standard InChI is InChI=1S/C20H16N4/c21-22-13-18-14-24(19-8-2-1-3-9-19)23-20(18)17-11-10-15-6-4-5-7-16(15)12-17/h1-14H,21H2/b22-13-. The normalized spacial score (nSPS) is 11.3. The van der Waals surface area contributed by atoms with Crippen LogP contribution in [0.4, 0.5) is 0 Å². The lowest BCUT2D eigenvalue weighted by atomic mass is 10.0. The van der Waals surface area contributed by atoms with Crippen LogP contribution in [0.5, 0.6) is 0 Å². The van der Waals surface area contributed by atoms with Gasteiger partial charge in [0.2, 0.25) is 0 Å². The fourth-order valence-corrected chi connectivity index (χ4v) is 2.84. The molecule has 0 atom stereocenters. The Bertz CT molecular complexity index is 1020. The molecule has 0 unspecified atom stereocenters. The summed E-state index contributed by atoms with van der Waals surface area (Å²) in [5.74, 6) is 5.38. The molecule has 0 saturated heterocycles. The van der Waals surface area contributed by atoms with Crippen LogP contribution in [-0.4, -0.2) is 16.0 Å². The topological polar surface area (TPSA) is 56.2 Å². The van der Waals surface area contributed by atoms with Crippen molar-refractivity contribution in [1.29, 1.82) is 0 Å². The van der Waals surface area contributed by atoms with Gasteiger partial charge in [-0.3, -0.25) is 0 Å². The molecule has 4 heteroatoms. The first kappa shape index (κ1) is 14.2. The first-order valence-corrected chi connectivity index (χ1v) is 7.73. The van der Waals surface area contributed by atoms with Crippen LogP contribution in [0, 0.1) is 0 Å². The number of rotatable bonds is 3. The maximum Gasteiger partial charge on any atom is 0.102 e. The summed E-state index contributed by atoms with van der Waals surface area (Å²) in [6.45, 7) is 0. The Kier molecular flexibility index (Phi) is 3.56. The van der Waals surface area contributed by atoms with E-state index in [0.717, 1.165) is 22.5 Å². The zero-order valence-corrected chi connectivity index (χ0v) is 13.0. The Morgan fingerprint density at radius 1 is 0.875 bits per heavy atom. The van der Waals surface area contributed by atoms with Crippen LogP contribution in [-0.2, 0) is 0 Å². The van der Waals surface area contributed by atoms with Crippen molar-refractivity contribution in [2.75, 3.05) is 0 Å². The molecule has 116 valence electrons. The van der Waals surface area contributed by atoms with Gasteiger partial charge in [-0.15, -0.1) is 0 Å². The minimum atomic E-state index is 0.860. The van der Waals surface area contributed by atoms with Gasteiger partial charge in [0.1, 0.15) is 5.69 Å². The van der Waals surface area contributed by atoms with Gasteiger partial charge in [0, 0.05) is 17.3 Å². The smallest absolute Gasteiger partial charge is 0.102 e. The molecule has 0 aliphatic heterocycles. The highest BCUT2D eigenvalue weighted by atomic mass is 15.3. The average Bonchev–Trinajstić information content (AvgIpc) is 3.06. The van der Waals surface area contributed by atoms with Crippen molar-refractivity contribution in [3.05, 3.63) is 84.6 Å². The van der Waals surface area contributed by atoms with Crippen LogP contribution in [0.2, 0.25) is 0 Å². The second kappa shape index (κ2) is 6.01. The van der Waals surface area contributed by atoms with E-state index in [1.165, 1.54) is 10.8 Å². The van der Waals surface area contributed by atoms with E-state index in [2.05, 4.69) is 35.4 Å². The van der Waals surface area contributed by atoms with Gasteiger partial charge >= 0.3 is 0 Å². The highest BCUT2D eigenvalue weighted by Gasteiger charge is 2.11. The molecule has 0 saturated carbocycles. The monoisotopic (exact) mass is 312 g/mol. The Morgan fingerprint density at radius 2 is 1.62 bits per heavy atom. The first-order chi connectivity index (χ1) is 11.8. The van der Waals surface area contributed by atoms with E-state index >= 15 is 0 Å². The average molecular weight is 312 g/mol. The van der Waals surface area contributed by atoms with E-state index in [0.29, 0.717) is 0 Å². The molecule has 0 radical (unpaired) electrons. The molecular formula is C20H16N4. The largest absolute Gasteiger partial charge is 0.323 e. The fraction of sp³-hybridized carbons (Fsp3) is 0. The molecule has 0 bridgehead atoms. The van der Waals surface area contributed by atoms with E-state index in [1.807, 2.05) is 53.3 Å². The number of para-hydroxylation sites is 1. The van der Waals surface area contributed by atoms with E-state index < -0.39 is 0 Å². The van der Waals surface area contributed by atoms with Crippen molar-refractivity contribution < 1.29 is 0 Å². The number of benzene rings is 3. The third-order valence-corrected chi connectivity index (χ3v) is 4.00. The number of nitrogens with zero attached hydrogens (tertiary/aromatic N) is 3. The maximum atomic E-state index is 5.38. The Hall–Kier alpha value is -3.40. The molecule has 1 aromatic heterocycles. The lowest BCUT2D eigenvalue weighted by molar-refractivity contribution is 0.884. The second-order valence-corrected chi connectivity index (χ2v) is 5.55. The summed E-state index contributed by atoms with van der Waals surface area (Å²) >= 11 is 0. The molecule has 0 amide bonds. The molecule has 0 aliphatic rings. The molecular weight excluding hydrogens is 296 g/mol. The van der Waals surface area contributed by atoms with Gasteiger partial charge in [0.15, 0.2) is 0 Å². The second-order valence-electron chi connectivity index (χ2n) is 5.55. The van der Waals surface area contributed by atoms with Crippen LogP contribution >= 0.6 is 0 Å². The molecule has 0 spiro atoms. The summed E-state index contributed by atoms with van der Waals surface area (Å²) in [6, 6.07) is 24.6. The fourth-order valence-electron chi connectivity index (χ4n) is 2.84. The van der Waals surface area contributed by atoms with Crippen LogP contribution in [0.3, 0.4) is 0 Å². The minimum absolute atomic E-state index is 0.860. The SMILES string of the molecule is N/N=C\c1cn(-c2ccccc2)nc1-c1ccc2ccccc2c1. The lowest BCUT2D eigenvalue weighted by Gasteiger charge is -2.03. The number of aromatic nitrogens is 2. The van der Waals surface area contributed by atoms with E-state index in [1.54, 1.807) is 6.21 Å². The summed E-state index contributed by atoms with van der Waals surface area (Å²) < 4.78 is 1.85. The molecule has 4 aromatic rings. The first-order valence-electron chi connectivity index (χ1n) is 7.73. The number of hydrogen-bond acceptors (Lipinski definition) is 3. The van der Waals surface area contributed by atoms with Gasteiger partial charge in [0.25, 0.3) is 0 Å². The van der Waals surface area contributed by atoms with Crippen molar-refractivity contribution in [2.24, 2.45) is 10.9 Å². The van der Waals surface area contributed by atoms with Crippen molar-refractivity contribution in [3.63, 3.8) is 0 Å². The highest BCUT2D eigenvalue weighted by Crippen LogP contribution is 2.26. The van der Waals surface area contributed by atoms with Gasteiger partial charge in [-0.2, -0.15) is 10.2 Å². The summed E-state index contributed by atoms with van der Waals surface area (Å²) in [7, 11) is 0. The van der Waals surface area contributed by atoms with Crippen LogP contribution in [0.1, 0.15) is 5.56 Å². The third-order valence-electron chi connectivity index (χ3n) is 4.00. The molecule has 0 fully saturated rings. The summed E-state index contributed by atoms with van der Waals surface area (Å²) in [5.41, 5.74) is 3.78. The number of hydrogen-bond donors (Lipinski definition) is 1. The van der Waals surface area contributed by atoms with Gasteiger partial charge in [-0.05, 0) is 29.0 Å². The third kappa shape index (κ3) is 2.54. The van der Waals surface area contributed by atoms with Crippen LogP contribution in [0.25, 0.3) is 27.7 Å². The van der Waals surface area contributed by atoms with Crippen molar-refractivity contribution in [2.45, 2.75) is 0 Å². The Balaban J connectivity index is 1.87. The van der Waals surface area contributed by atoms with Crippen molar-refractivity contribution in [3.8, 4) is 16.9 Å². The zero-order chi connectivity index (χ0) is 16.4. The molecule has 4 nitrogen and oxygen atoms in total. The van der Waals surface area contributed by atoms with Gasteiger partial charge in [0.05, 0.1) is 11.9 Å². The van der Waals surface area contributed by atoms with E-state index in [-0.39, 0.29) is 0 Å². The van der Waals surface area contributed by atoms with E-state index in [9.17, 15) is 0 Å². The summed E-state index contributed by atoms with van der Waals surface area (Å²) in [4.78, 5) is 0. The highest BCUT2D eigenvalue weighted by molar-refractivity contribution is 5.92. The predicted octanol–water partition coefficient (Wildman–Crippen LogP) is 3.99. The summed E-state index contributed by atoms with van der Waals surface area (Å²) in [6.07, 6.45) is 3.58. The molecule has 0 aliphatic carbocycles. The quantitative estimate of drug-likeness (QED) is 0.353. The Morgan fingerprint density at radius 3 is 2.42 bits per heavy atom. The molecule has 4 rings (SSSR count). The molecule has 3 aromatic carbocycles.